The van der Waals surface area contributed by atoms with Gasteiger partial charge < -0.3 is 20.1 Å². The zero-order valence-electron chi connectivity index (χ0n) is 16.4. The van der Waals surface area contributed by atoms with E-state index in [1.54, 1.807) is 20.3 Å². The van der Waals surface area contributed by atoms with Crippen LogP contribution in [0.3, 0.4) is 0 Å². The topological polar surface area (TPSA) is 76.7 Å². The molecule has 1 aliphatic carbocycles. The van der Waals surface area contributed by atoms with Crippen LogP contribution in [0, 0.1) is 11.8 Å². The minimum Gasteiger partial charge on any atom is -0.493 e. The van der Waals surface area contributed by atoms with Crippen LogP contribution in [0.1, 0.15) is 30.5 Å². The first-order valence-electron chi connectivity index (χ1n) is 9.37. The van der Waals surface area contributed by atoms with Gasteiger partial charge in [-0.15, -0.1) is 0 Å². The Morgan fingerprint density at radius 3 is 2.36 bits per heavy atom. The number of nitrogens with one attached hydrogen (secondary N) is 2. The van der Waals surface area contributed by atoms with Gasteiger partial charge in [0.1, 0.15) is 0 Å². The van der Waals surface area contributed by atoms with Gasteiger partial charge in [-0.25, -0.2) is 0 Å². The van der Waals surface area contributed by atoms with Crippen molar-refractivity contribution in [2.45, 2.75) is 25.9 Å². The summed E-state index contributed by atoms with van der Waals surface area (Å²) in [6.45, 7) is 2.33. The molecule has 0 aromatic heterocycles. The van der Waals surface area contributed by atoms with E-state index in [-0.39, 0.29) is 29.7 Å². The van der Waals surface area contributed by atoms with Crippen LogP contribution in [0.4, 0.5) is 0 Å². The summed E-state index contributed by atoms with van der Waals surface area (Å²) in [5.41, 5.74) is 1.95. The number of carbonyl (C=O) groups is 2. The number of benzene rings is 2. The summed E-state index contributed by atoms with van der Waals surface area (Å²) in [4.78, 5) is 24.8. The van der Waals surface area contributed by atoms with Crippen LogP contribution >= 0.6 is 0 Å². The first-order valence-corrected chi connectivity index (χ1v) is 9.37. The van der Waals surface area contributed by atoms with Gasteiger partial charge in [-0.3, -0.25) is 9.59 Å². The minimum atomic E-state index is -0.261. The van der Waals surface area contributed by atoms with Gasteiger partial charge in [-0.1, -0.05) is 36.4 Å². The number of ether oxygens (including phenoxy) is 2. The standard InChI is InChI=1S/C22H26N2O4/c1-14(16-7-5-4-6-8-16)24-22(26)18-12-17(18)21(25)23-13-15-9-10-19(27-2)20(11-15)28-3/h4-11,14,17-18H,12-13H2,1-3H3,(H,23,25)(H,24,26). The molecule has 2 aromatic rings. The quantitative estimate of drug-likeness (QED) is 0.736. The number of hydrogen-bond donors (Lipinski definition) is 2. The molecule has 2 amide bonds. The molecule has 6 nitrogen and oxygen atoms in total. The van der Waals surface area contributed by atoms with E-state index in [1.807, 2.05) is 49.4 Å². The first-order chi connectivity index (χ1) is 13.5. The summed E-state index contributed by atoms with van der Waals surface area (Å²) in [6.07, 6.45) is 0.588. The van der Waals surface area contributed by atoms with Gasteiger partial charge in [-0.05, 0) is 36.6 Å². The summed E-state index contributed by atoms with van der Waals surface area (Å²) in [6, 6.07) is 15.2. The Kier molecular flexibility index (Phi) is 6.19. The molecule has 3 atom stereocenters. The normalized spacial score (nSPS) is 18.7. The Hall–Kier alpha value is -3.02. The van der Waals surface area contributed by atoms with Crippen LogP contribution in [0.15, 0.2) is 48.5 Å². The van der Waals surface area contributed by atoms with Crippen molar-refractivity contribution in [3.63, 3.8) is 0 Å². The van der Waals surface area contributed by atoms with Gasteiger partial charge in [0.15, 0.2) is 11.5 Å². The Morgan fingerprint density at radius 2 is 1.68 bits per heavy atom. The van der Waals surface area contributed by atoms with Crippen LogP contribution in [-0.2, 0) is 16.1 Å². The maximum atomic E-state index is 12.4. The van der Waals surface area contributed by atoms with Crippen molar-refractivity contribution in [1.82, 2.24) is 10.6 Å². The molecule has 3 unspecified atom stereocenters. The third kappa shape index (κ3) is 4.63. The molecule has 28 heavy (non-hydrogen) atoms. The highest BCUT2D eigenvalue weighted by Gasteiger charge is 2.48. The first kappa shape index (κ1) is 19.7. The van der Waals surface area contributed by atoms with Crippen LogP contribution in [0.25, 0.3) is 0 Å². The average Bonchev–Trinajstić information content (AvgIpc) is 3.53. The minimum absolute atomic E-state index is 0.0670. The summed E-state index contributed by atoms with van der Waals surface area (Å²) in [7, 11) is 3.15. The lowest BCUT2D eigenvalue weighted by atomic mass is 10.1. The summed E-state index contributed by atoms with van der Waals surface area (Å²) in [5.74, 6) is 0.585. The van der Waals surface area contributed by atoms with Gasteiger partial charge >= 0.3 is 0 Å². The van der Waals surface area contributed by atoms with Crippen molar-refractivity contribution in [2.24, 2.45) is 11.8 Å². The molecule has 0 aliphatic heterocycles. The van der Waals surface area contributed by atoms with Crippen molar-refractivity contribution >= 4 is 11.8 Å². The van der Waals surface area contributed by atoms with E-state index in [0.29, 0.717) is 24.5 Å². The molecule has 6 heteroatoms. The smallest absolute Gasteiger partial charge is 0.224 e. The summed E-state index contributed by atoms with van der Waals surface area (Å²) < 4.78 is 10.5. The van der Waals surface area contributed by atoms with Crippen LogP contribution in [0.5, 0.6) is 11.5 Å². The molecular weight excluding hydrogens is 356 g/mol. The second-order valence-corrected chi connectivity index (χ2v) is 7.00. The fourth-order valence-electron chi connectivity index (χ4n) is 3.23. The van der Waals surface area contributed by atoms with E-state index in [9.17, 15) is 9.59 Å². The molecule has 1 saturated carbocycles. The Balaban J connectivity index is 1.48. The van der Waals surface area contributed by atoms with Crippen molar-refractivity contribution in [3.05, 3.63) is 59.7 Å². The largest absolute Gasteiger partial charge is 0.493 e. The number of carbonyl (C=O) groups excluding carboxylic acids is 2. The molecule has 0 saturated heterocycles. The summed E-state index contributed by atoms with van der Waals surface area (Å²) in [5, 5.41) is 5.90. The molecule has 0 bridgehead atoms. The molecule has 1 fully saturated rings. The number of hydrogen-bond acceptors (Lipinski definition) is 4. The van der Waals surface area contributed by atoms with Gasteiger partial charge in [0, 0.05) is 6.54 Å². The average molecular weight is 382 g/mol. The molecular formula is C22H26N2O4. The third-order valence-corrected chi connectivity index (χ3v) is 5.04. The number of methoxy groups -OCH3 is 2. The second-order valence-electron chi connectivity index (χ2n) is 7.00. The van der Waals surface area contributed by atoms with Crippen molar-refractivity contribution in [1.29, 1.82) is 0 Å². The van der Waals surface area contributed by atoms with E-state index in [4.69, 9.17) is 9.47 Å². The van der Waals surface area contributed by atoms with Gasteiger partial charge in [0.25, 0.3) is 0 Å². The fraction of sp³-hybridized carbons (Fsp3) is 0.364. The summed E-state index contributed by atoms with van der Waals surface area (Å²) >= 11 is 0. The predicted octanol–water partition coefficient (Wildman–Crippen LogP) is 2.83. The van der Waals surface area contributed by atoms with Crippen LogP contribution in [0.2, 0.25) is 0 Å². The number of rotatable bonds is 8. The predicted molar refractivity (Wildman–Crippen MR) is 106 cm³/mol. The second kappa shape index (κ2) is 8.78. The molecule has 3 rings (SSSR count). The monoisotopic (exact) mass is 382 g/mol. The molecule has 0 radical (unpaired) electrons. The van der Waals surface area contributed by atoms with Crippen LogP contribution < -0.4 is 20.1 Å². The Morgan fingerprint density at radius 1 is 1.00 bits per heavy atom. The molecule has 0 spiro atoms. The highest BCUT2D eigenvalue weighted by atomic mass is 16.5. The van der Waals surface area contributed by atoms with E-state index in [1.165, 1.54) is 0 Å². The maximum Gasteiger partial charge on any atom is 0.224 e. The number of amides is 2. The maximum absolute atomic E-state index is 12.4. The lowest BCUT2D eigenvalue weighted by molar-refractivity contribution is -0.127. The van der Waals surface area contributed by atoms with Gasteiger partial charge in [0.05, 0.1) is 32.1 Å². The van der Waals surface area contributed by atoms with E-state index < -0.39 is 0 Å². The van der Waals surface area contributed by atoms with E-state index in [2.05, 4.69) is 10.6 Å². The van der Waals surface area contributed by atoms with Crippen molar-refractivity contribution in [2.75, 3.05) is 14.2 Å². The molecule has 148 valence electrons. The Bertz CT molecular complexity index is 838. The van der Waals surface area contributed by atoms with E-state index in [0.717, 1.165) is 11.1 Å². The zero-order valence-corrected chi connectivity index (χ0v) is 16.4. The lowest BCUT2D eigenvalue weighted by Gasteiger charge is -2.14. The molecule has 2 aromatic carbocycles. The van der Waals surface area contributed by atoms with Crippen molar-refractivity contribution in [3.8, 4) is 11.5 Å². The fourth-order valence-corrected chi connectivity index (χ4v) is 3.23. The SMILES string of the molecule is COc1ccc(CNC(=O)C2CC2C(=O)NC(C)c2ccccc2)cc1OC. The van der Waals surface area contributed by atoms with Gasteiger partial charge in [0.2, 0.25) is 11.8 Å². The molecule has 2 N–H and O–H groups in total. The highest BCUT2D eigenvalue weighted by Crippen LogP contribution is 2.39. The zero-order chi connectivity index (χ0) is 20.1. The van der Waals surface area contributed by atoms with Crippen LogP contribution in [-0.4, -0.2) is 26.0 Å². The highest BCUT2D eigenvalue weighted by molar-refractivity contribution is 5.92. The van der Waals surface area contributed by atoms with Gasteiger partial charge in [-0.2, -0.15) is 0 Å². The molecule has 0 heterocycles. The lowest BCUT2D eigenvalue weighted by Crippen LogP contribution is -2.31. The molecule has 1 aliphatic rings. The van der Waals surface area contributed by atoms with E-state index >= 15 is 0 Å². The third-order valence-electron chi connectivity index (χ3n) is 5.04. The van der Waals surface area contributed by atoms with Crippen molar-refractivity contribution < 1.29 is 19.1 Å². The Labute approximate surface area is 165 Å².